The molecule has 5 heteroatoms. The van der Waals surface area contributed by atoms with Crippen molar-refractivity contribution in [1.82, 2.24) is 0 Å². The third-order valence-electron chi connectivity index (χ3n) is 3.78. The number of nitro benzene ring substituents is 1. The monoisotopic (exact) mass is 249 g/mol. The Morgan fingerprint density at radius 3 is 2.67 bits per heavy atom. The Bertz CT molecular complexity index is 454. The van der Waals surface area contributed by atoms with Crippen LogP contribution in [-0.4, -0.2) is 17.0 Å². The normalized spacial score (nSPS) is 17.7. The lowest BCUT2D eigenvalue weighted by atomic mass is 9.96. The molecule has 0 spiro atoms. The van der Waals surface area contributed by atoms with E-state index in [0.717, 1.165) is 36.9 Å². The van der Waals surface area contributed by atoms with Gasteiger partial charge in [-0.2, -0.15) is 0 Å². The largest absolute Gasteiger partial charge is 0.378 e. The zero-order valence-corrected chi connectivity index (χ0v) is 10.6. The molecule has 0 saturated heterocycles. The highest BCUT2D eigenvalue weighted by Gasteiger charge is 2.32. The first-order valence-electron chi connectivity index (χ1n) is 6.30. The molecule has 5 nitrogen and oxygen atoms in total. The minimum Gasteiger partial charge on any atom is -0.378 e. The number of nitrogens with zero attached hydrogens (tertiary/aromatic N) is 1. The van der Waals surface area contributed by atoms with Gasteiger partial charge in [0.2, 0.25) is 0 Å². The van der Waals surface area contributed by atoms with Gasteiger partial charge in [-0.15, -0.1) is 0 Å². The first kappa shape index (κ1) is 12.8. The number of non-ortho nitro benzene ring substituents is 1. The number of nitrogens with one attached hydrogen (secondary N) is 1. The molecule has 0 bridgehead atoms. The van der Waals surface area contributed by atoms with Crippen LogP contribution >= 0.6 is 0 Å². The van der Waals surface area contributed by atoms with E-state index < -0.39 is 0 Å². The minimum atomic E-state index is -0.367. The van der Waals surface area contributed by atoms with Gasteiger partial charge in [-0.25, -0.2) is 0 Å². The summed E-state index contributed by atoms with van der Waals surface area (Å²) in [6, 6.07) is 4.91. The maximum absolute atomic E-state index is 10.8. The van der Waals surface area contributed by atoms with Crippen molar-refractivity contribution in [1.29, 1.82) is 0 Å². The second kappa shape index (κ2) is 4.94. The standard InChI is InChI=1S/C13H19N3O2/c1-10-4-5-11(16(17)18)8-12(10)15-13(9-14)6-2-3-7-13/h4-5,8,15H,2-3,6-7,9,14H2,1H3. The number of benzene rings is 1. The molecule has 98 valence electrons. The highest BCUT2D eigenvalue weighted by Crippen LogP contribution is 2.34. The van der Waals surface area contributed by atoms with Crippen molar-refractivity contribution >= 4 is 11.4 Å². The lowest BCUT2D eigenvalue weighted by Crippen LogP contribution is -2.42. The van der Waals surface area contributed by atoms with Gasteiger partial charge in [0.15, 0.2) is 0 Å². The Kier molecular flexibility index (Phi) is 3.52. The van der Waals surface area contributed by atoms with Crippen molar-refractivity contribution in [3.8, 4) is 0 Å². The first-order valence-corrected chi connectivity index (χ1v) is 6.30. The van der Waals surface area contributed by atoms with Crippen LogP contribution in [0.5, 0.6) is 0 Å². The molecule has 1 saturated carbocycles. The van der Waals surface area contributed by atoms with Gasteiger partial charge in [0.25, 0.3) is 5.69 Å². The molecular weight excluding hydrogens is 230 g/mol. The number of nitrogens with two attached hydrogens (primary N) is 1. The zero-order chi connectivity index (χ0) is 13.2. The van der Waals surface area contributed by atoms with Crippen molar-refractivity contribution in [2.75, 3.05) is 11.9 Å². The van der Waals surface area contributed by atoms with Gasteiger partial charge in [0, 0.05) is 29.9 Å². The molecule has 18 heavy (non-hydrogen) atoms. The molecule has 1 aromatic rings. The maximum atomic E-state index is 10.8. The Morgan fingerprint density at radius 2 is 2.11 bits per heavy atom. The van der Waals surface area contributed by atoms with Crippen LogP contribution in [0.3, 0.4) is 0 Å². The number of anilines is 1. The Labute approximate surface area is 107 Å². The van der Waals surface area contributed by atoms with E-state index in [4.69, 9.17) is 5.73 Å². The zero-order valence-electron chi connectivity index (χ0n) is 10.6. The van der Waals surface area contributed by atoms with E-state index in [1.54, 1.807) is 12.1 Å². The predicted octanol–water partition coefficient (Wildman–Crippen LogP) is 2.59. The van der Waals surface area contributed by atoms with Crippen LogP contribution in [0.4, 0.5) is 11.4 Å². The molecule has 0 radical (unpaired) electrons. The Morgan fingerprint density at radius 1 is 1.44 bits per heavy atom. The highest BCUT2D eigenvalue weighted by atomic mass is 16.6. The predicted molar refractivity (Wildman–Crippen MR) is 71.7 cm³/mol. The Balaban J connectivity index is 2.27. The molecule has 0 atom stereocenters. The number of aryl methyl sites for hydroxylation is 1. The highest BCUT2D eigenvalue weighted by molar-refractivity contribution is 5.58. The summed E-state index contributed by atoms with van der Waals surface area (Å²) in [4.78, 5) is 10.4. The second-order valence-electron chi connectivity index (χ2n) is 5.07. The second-order valence-corrected chi connectivity index (χ2v) is 5.07. The molecule has 0 aliphatic heterocycles. The van der Waals surface area contributed by atoms with E-state index in [0.29, 0.717) is 6.54 Å². The van der Waals surface area contributed by atoms with E-state index >= 15 is 0 Å². The molecular formula is C13H19N3O2. The van der Waals surface area contributed by atoms with Crippen molar-refractivity contribution in [2.45, 2.75) is 38.1 Å². The maximum Gasteiger partial charge on any atom is 0.271 e. The lowest BCUT2D eigenvalue weighted by Gasteiger charge is -2.30. The molecule has 1 aliphatic rings. The van der Waals surface area contributed by atoms with Gasteiger partial charge >= 0.3 is 0 Å². The number of rotatable bonds is 4. The van der Waals surface area contributed by atoms with Crippen molar-refractivity contribution in [3.05, 3.63) is 33.9 Å². The molecule has 3 N–H and O–H groups in total. The van der Waals surface area contributed by atoms with Crippen LogP contribution in [0, 0.1) is 17.0 Å². The molecule has 1 aliphatic carbocycles. The van der Waals surface area contributed by atoms with E-state index in [9.17, 15) is 10.1 Å². The topological polar surface area (TPSA) is 81.2 Å². The fourth-order valence-corrected chi connectivity index (χ4v) is 2.58. The van der Waals surface area contributed by atoms with Gasteiger partial charge in [-0.3, -0.25) is 10.1 Å². The summed E-state index contributed by atoms with van der Waals surface area (Å²) in [5, 5.41) is 14.2. The fourth-order valence-electron chi connectivity index (χ4n) is 2.58. The van der Waals surface area contributed by atoms with E-state index in [-0.39, 0.29) is 16.1 Å². The average molecular weight is 249 g/mol. The van der Waals surface area contributed by atoms with Crippen LogP contribution < -0.4 is 11.1 Å². The summed E-state index contributed by atoms with van der Waals surface area (Å²) < 4.78 is 0. The summed E-state index contributed by atoms with van der Waals surface area (Å²) in [6.45, 7) is 2.51. The summed E-state index contributed by atoms with van der Waals surface area (Å²) in [5.41, 5.74) is 7.75. The smallest absolute Gasteiger partial charge is 0.271 e. The molecule has 1 fully saturated rings. The summed E-state index contributed by atoms with van der Waals surface area (Å²) in [5.74, 6) is 0. The van der Waals surface area contributed by atoms with Crippen LogP contribution in [0.25, 0.3) is 0 Å². The van der Waals surface area contributed by atoms with Gasteiger partial charge in [0.1, 0.15) is 0 Å². The molecule has 0 amide bonds. The van der Waals surface area contributed by atoms with E-state index in [2.05, 4.69) is 5.32 Å². The molecule has 2 rings (SSSR count). The van der Waals surface area contributed by atoms with Crippen molar-refractivity contribution < 1.29 is 4.92 Å². The summed E-state index contributed by atoms with van der Waals surface area (Å²) >= 11 is 0. The number of hydrogen-bond acceptors (Lipinski definition) is 4. The Hall–Kier alpha value is -1.62. The molecule has 1 aromatic carbocycles. The van der Waals surface area contributed by atoms with Crippen LogP contribution in [-0.2, 0) is 0 Å². The SMILES string of the molecule is Cc1ccc([N+](=O)[O-])cc1NC1(CN)CCCC1. The fraction of sp³-hybridized carbons (Fsp3) is 0.538. The van der Waals surface area contributed by atoms with Gasteiger partial charge < -0.3 is 11.1 Å². The third-order valence-corrected chi connectivity index (χ3v) is 3.78. The van der Waals surface area contributed by atoms with Crippen LogP contribution in [0.2, 0.25) is 0 Å². The summed E-state index contributed by atoms with van der Waals surface area (Å²) in [6.07, 6.45) is 4.40. The van der Waals surface area contributed by atoms with E-state index in [1.165, 1.54) is 6.07 Å². The first-order chi connectivity index (χ1) is 8.56. The van der Waals surface area contributed by atoms with Crippen LogP contribution in [0.15, 0.2) is 18.2 Å². The number of nitro groups is 1. The minimum absolute atomic E-state index is 0.0834. The molecule has 0 aromatic heterocycles. The molecule has 0 heterocycles. The quantitative estimate of drug-likeness (QED) is 0.634. The van der Waals surface area contributed by atoms with E-state index in [1.807, 2.05) is 6.92 Å². The molecule has 0 unspecified atom stereocenters. The van der Waals surface area contributed by atoms with Crippen LogP contribution in [0.1, 0.15) is 31.2 Å². The van der Waals surface area contributed by atoms with Gasteiger partial charge in [-0.1, -0.05) is 18.9 Å². The van der Waals surface area contributed by atoms with Gasteiger partial charge in [0.05, 0.1) is 4.92 Å². The number of hydrogen-bond donors (Lipinski definition) is 2. The summed E-state index contributed by atoms with van der Waals surface area (Å²) in [7, 11) is 0. The van der Waals surface area contributed by atoms with Gasteiger partial charge in [-0.05, 0) is 25.3 Å². The third kappa shape index (κ3) is 2.46. The average Bonchev–Trinajstić information content (AvgIpc) is 2.81. The lowest BCUT2D eigenvalue weighted by molar-refractivity contribution is -0.384. The van der Waals surface area contributed by atoms with Crippen molar-refractivity contribution in [2.24, 2.45) is 5.73 Å². The van der Waals surface area contributed by atoms with Crippen molar-refractivity contribution in [3.63, 3.8) is 0 Å².